The lowest BCUT2D eigenvalue weighted by Crippen LogP contribution is -2.01. The van der Waals surface area contributed by atoms with Crippen molar-refractivity contribution in [2.45, 2.75) is 0 Å². The second kappa shape index (κ2) is 12.3. The van der Waals surface area contributed by atoms with Crippen molar-refractivity contribution in [1.82, 2.24) is 9.13 Å². The molecule has 4 heterocycles. The quantitative estimate of drug-likeness (QED) is 0.167. The van der Waals surface area contributed by atoms with Crippen LogP contribution < -0.4 is 0 Å². The Kier molecular flexibility index (Phi) is 6.73. The smallest absolute Gasteiger partial charge is 0.194 e. The normalized spacial score (nSPS) is 12.0. The van der Waals surface area contributed by atoms with Crippen molar-refractivity contribution in [3.05, 3.63) is 199 Å². The Morgan fingerprint density at radius 3 is 1.50 bits per heavy atom. The molecule has 0 aliphatic carbocycles. The zero-order valence-corrected chi connectivity index (χ0v) is 32.1. The first-order valence-corrected chi connectivity index (χ1v) is 20.1. The summed E-state index contributed by atoms with van der Waals surface area (Å²) in [7, 11) is 0. The number of hydrogen-bond acceptors (Lipinski definition) is 2. The van der Waals surface area contributed by atoms with Crippen LogP contribution in [0.3, 0.4) is 0 Å². The first kappa shape index (κ1) is 32.7. The van der Waals surface area contributed by atoms with E-state index in [-0.39, 0.29) is 0 Å². The predicted molar refractivity (Wildman–Crippen MR) is 247 cm³/mol. The maximum absolute atomic E-state index is 7.79. The number of aromatic nitrogens is 2. The topological polar surface area (TPSA) is 40.5 Å². The van der Waals surface area contributed by atoms with Crippen molar-refractivity contribution in [2.75, 3.05) is 0 Å². The number of rotatable bonds is 4. The van der Waals surface area contributed by atoms with Crippen molar-refractivity contribution in [2.24, 2.45) is 0 Å². The third-order valence-corrected chi connectivity index (χ3v) is 12.4. The van der Waals surface area contributed by atoms with E-state index in [1.54, 1.807) is 0 Å². The summed E-state index contributed by atoms with van der Waals surface area (Å²) in [4.78, 5) is 3.80. The van der Waals surface area contributed by atoms with Gasteiger partial charge in [0.15, 0.2) is 5.69 Å². The Balaban J connectivity index is 1.11. The molecule has 0 saturated heterocycles. The van der Waals surface area contributed by atoms with E-state index >= 15 is 0 Å². The van der Waals surface area contributed by atoms with Gasteiger partial charge in [0.25, 0.3) is 0 Å². The minimum absolute atomic E-state index is 0.642. The third kappa shape index (κ3) is 4.50. The highest BCUT2D eigenvalue weighted by Gasteiger charge is 2.23. The molecule has 5 nitrogen and oxygen atoms in total. The fourth-order valence-electron chi connectivity index (χ4n) is 9.74. The van der Waals surface area contributed by atoms with Crippen LogP contribution in [-0.4, -0.2) is 9.13 Å². The molecule has 0 fully saturated rings. The molecule has 13 rings (SSSR count). The molecule has 0 bridgehead atoms. The fraction of sp³-hybridized carbons (Fsp3) is 0. The van der Waals surface area contributed by atoms with Crippen molar-refractivity contribution in [1.29, 1.82) is 0 Å². The first-order chi connectivity index (χ1) is 29.7. The predicted octanol–water partition coefficient (Wildman–Crippen LogP) is 15.6. The van der Waals surface area contributed by atoms with E-state index < -0.39 is 0 Å². The minimum Gasteiger partial charge on any atom is -0.455 e. The summed E-state index contributed by atoms with van der Waals surface area (Å²) in [6.07, 6.45) is 0. The van der Waals surface area contributed by atoms with E-state index in [0.717, 1.165) is 121 Å². The zero-order valence-electron chi connectivity index (χ0n) is 32.1. The Hall–Kier alpha value is -8.33. The van der Waals surface area contributed by atoms with Crippen LogP contribution in [0.25, 0.3) is 126 Å². The highest BCUT2D eigenvalue weighted by molar-refractivity contribution is 6.25. The van der Waals surface area contributed by atoms with Crippen LogP contribution in [0.5, 0.6) is 0 Å². The maximum atomic E-state index is 7.79. The van der Waals surface area contributed by atoms with Crippen LogP contribution in [0, 0.1) is 6.57 Å². The lowest BCUT2D eigenvalue weighted by atomic mass is 9.98. The van der Waals surface area contributed by atoms with Gasteiger partial charge in [-0.25, -0.2) is 4.85 Å². The molecular weight excluding hydrogens is 735 g/mol. The number of para-hydroxylation sites is 5. The van der Waals surface area contributed by atoms with Gasteiger partial charge in [-0.1, -0.05) is 127 Å². The second-order valence-corrected chi connectivity index (χ2v) is 15.5. The van der Waals surface area contributed by atoms with Crippen LogP contribution >= 0.6 is 0 Å². The van der Waals surface area contributed by atoms with E-state index in [0.29, 0.717) is 5.69 Å². The van der Waals surface area contributed by atoms with E-state index in [9.17, 15) is 0 Å². The van der Waals surface area contributed by atoms with E-state index in [1.165, 1.54) is 0 Å². The fourth-order valence-corrected chi connectivity index (χ4v) is 9.74. The average Bonchev–Trinajstić information content (AvgIpc) is 4.06. The summed E-state index contributed by atoms with van der Waals surface area (Å²) in [6, 6.07) is 66.0. The summed E-state index contributed by atoms with van der Waals surface area (Å²) in [5, 5.41) is 8.90. The van der Waals surface area contributed by atoms with E-state index in [4.69, 9.17) is 15.4 Å². The summed E-state index contributed by atoms with van der Waals surface area (Å²) in [5.41, 5.74) is 14.7. The summed E-state index contributed by atoms with van der Waals surface area (Å²) < 4.78 is 18.1. The van der Waals surface area contributed by atoms with Gasteiger partial charge in [-0.2, -0.15) is 0 Å². The number of furan rings is 2. The van der Waals surface area contributed by atoms with Gasteiger partial charge in [0, 0.05) is 43.6 Å². The Morgan fingerprint density at radius 2 is 0.883 bits per heavy atom. The molecule has 5 heteroatoms. The molecule has 13 aromatic rings. The standard InChI is InChI=1S/C55H31N3O2/c1-56-44-17-7-2-12-36(44)33-22-24-34(25-23-33)37-27-26-35(57-45-18-8-3-15-42(45)52-47(57)30-28-40-38-13-5-10-20-50(38)59-54(40)52)32-49(37)58-46-19-9-4-16-43(46)53-48(58)31-29-41-39-14-6-11-21-51(39)60-55(41)53/h2-32H. The van der Waals surface area contributed by atoms with E-state index in [1.807, 2.05) is 48.5 Å². The van der Waals surface area contributed by atoms with Gasteiger partial charge in [0.1, 0.15) is 22.3 Å². The molecule has 0 unspecified atom stereocenters. The van der Waals surface area contributed by atoms with Gasteiger partial charge in [-0.05, 0) is 77.4 Å². The van der Waals surface area contributed by atoms with Crippen LogP contribution in [-0.2, 0) is 0 Å². The van der Waals surface area contributed by atoms with Crippen molar-refractivity contribution in [3.8, 4) is 33.6 Å². The largest absolute Gasteiger partial charge is 0.455 e. The van der Waals surface area contributed by atoms with Crippen molar-refractivity contribution in [3.63, 3.8) is 0 Å². The number of fused-ring (bicyclic) bond motifs is 14. The van der Waals surface area contributed by atoms with Crippen molar-refractivity contribution < 1.29 is 8.83 Å². The summed E-state index contributed by atoms with van der Waals surface area (Å²) in [5.74, 6) is 0. The minimum atomic E-state index is 0.642. The van der Waals surface area contributed by atoms with Gasteiger partial charge < -0.3 is 18.0 Å². The lowest BCUT2D eigenvalue weighted by Gasteiger charge is -2.18. The maximum Gasteiger partial charge on any atom is 0.194 e. The molecule has 0 spiro atoms. The molecule has 4 aromatic heterocycles. The third-order valence-electron chi connectivity index (χ3n) is 12.4. The van der Waals surface area contributed by atoms with Gasteiger partial charge in [-0.3, -0.25) is 0 Å². The van der Waals surface area contributed by atoms with Crippen molar-refractivity contribution >= 4 is 93.2 Å². The van der Waals surface area contributed by atoms with Crippen LogP contribution in [0.1, 0.15) is 0 Å². The Labute approximate surface area is 343 Å². The lowest BCUT2D eigenvalue weighted by molar-refractivity contribution is 0.672. The Morgan fingerprint density at radius 1 is 0.383 bits per heavy atom. The molecule has 60 heavy (non-hydrogen) atoms. The first-order valence-electron chi connectivity index (χ1n) is 20.1. The number of hydrogen-bond donors (Lipinski definition) is 0. The van der Waals surface area contributed by atoms with Crippen LogP contribution in [0.15, 0.2) is 197 Å². The molecular formula is C55H31N3O2. The Bertz CT molecular complexity index is 3960. The average molecular weight is 766 g/mol. The second-order valence-electron chi connectivity index (χ2n) is 15.5. The molecule has 0 atom stereocenters. The summed E-state index contributed by atoms with van der Waals surface area (Å²) in [6.45, 7) is 7.79. The molecule has 0 radical (unpaired) electrons. The van der Waals surface area contributed by atoms with Crippen LogP contribution in [0.2, 0.25) is 0 Å². The summed E-state index contributed by atoms with van der Waals surface area (Å²) >= 11 is 0. The highest BCUT2D eigenvalue weighted by atomic mass is 16.3. The van der Waals surface area contributed by atoms with Gasteiger partial charge in [-0.15, -0.1) is 0 Å². The molecule has 0 amide bonds. The zero-order chi connectivity index (χ0) is 39.5. The molecule has 278 valence electrons. The molecule has 9 aromatic carbocycles. The van der Waals surface area contributed by atoms with E-state index in [2.05, 4.69) is 154 Å². The molecule has 0 aliphatic rings. The van der Waals surface area contributed by atoms with Gasteiger partial charge >= 0.3 is 0 Å². The molecule has 0 aliphatic heterocycles. The number of nitrogens with zero attached hydrogens (tertiary/aromatic N) is 3. The van der Waals surface area contributed by atoms with Gasteiger partial charge in [0.05, 0.1) is 45.1 Å². The monoisotopic (exact) mass is 765 g/mol. The molecule has 0 N–H and O–H groups in total. The van der Waals surface area contributed by atoms with Crippen LogP contribution in [0.4, 0.5) is 5.69 Å². The SMILES string of the molecule is [C-]#[N+]c1ccccc1-c1ccc(-c2ccc(-n3c4ccccc4c4c5oc6ccccc6c5ccc43)cc2-n2c3ccccc3c3c4oc5ccccc5c4ccc32)cc1. The molecule has 0 saturated carbocycles. The highest BCUT2D eigenvalue weighted by Crippen LogP contribution is 2.45. The van der Waals surface area contributed by atoms with Gasteiger partial charge in [0.2, 0.25) is 0 Å². The number of benzene rings is 9.